The summed E-state index contributed by atoms with van der Waals surface area (Å²) in [6.45, 7) is 6.99. The Labute approximate surface area is 168 Å². The van der Waals surface area contributed by atoms with E-state index in [1.807, 2.05) is 0 Å². The van der Waals surface area contributed by atoms with Crippen LogP contribution in [0.3, 0.4) is 0 Å². The number of carbonyl (C=O) groups is 3. The first-order valence-corrected chi connectivity index (χ1v) is 11.4. The van der Waals surface area contributed by atoms with Crippen LogP contribution in [-0.2, 0) is 14.4 Å². The van der Waals surface area contributed by atoms with Gasteiger partial charge in [0, 0.05) is 31.6 Å². The van der Waals surface area contributed by atoms with E-state index in [2.05, 4.69) is 20.8 Å². The van der Waals surface area contributed by atoms with E-state index in [9.17, 15) is 14.4 Å². The van der Waals surface area contributed by atoms with Gasteiger partial charge < -0.3 is 5.11 Å². The van der Waals surface area contributed by atoms with Crippen molar-refractivity contribution >= 4 is 17.5 Å². The van der Waals surface area contributed by atoms with Crippen molar-refractivity contribution in [2.45, 2.75) is 85.0 Å². The zero-order valence-corrected chi connectivity index (χ0v) is 17.7. The van der Waals surface area contributed by atoms with Gasteiger partial charge in [-0.2, -0.15) is 0 Å². The van der Waals surface area contributed by atoms with Gasteiger partial charge >= 0.3 is 5.97 Å². The summed E-state index contributed by atoms with van der Waals surface area (Å²) in [5, 5.41) is 9.08. The van der Waals surface area contributed by atoms with Crippen LogP contribution >= 0.6 is 0 Å². The van der Waals surface area contributed by atoms with Crippen LogP contribution in [0.5, 0.6) is 0 Å². The van der Waals surface area contributed by atoms with Gasteiger partial charge in [-0.3, -0.25) is 14.4 Å². The molecular formula is C24H36O4. The lowest BCUT2D eigenvalue weighted by atomic mass is 9.44. The van der Waals surface area contributed by atoms with Crippen LogP contribution in [0.4, 0.5) is 0 Å². The topological polar surface area (TPSA) is 71.4 Å². The van der Waals surface area contributed by atoms with Crippen LogP contribution in [0.2, 0.25) is 0 Å². The summed E-state index contributed by atoms with van der Waals surface area (Å²) in [7, 11) is 0. The summed E-state index contributed by atoms with van der Waals surface area (Å²) in [4.78, 5) is 36.2. The third-order valence-corrected chi connectivity index (χ3v) is 9.85. The maximum atomic E-state index is 13.1. The molecular weight excluding hydrogens is 352 g/mol. The molecule has 4 rings (SSSR count). The molecule has 0 aromatic rings. The van der Waals surface area contributed by atoms with E-state index < -0.39 is 5.97 Å². The molecule has 1 unspecified atom stereocenters. The second-order valence-corrected chi connectivity index (χ2v) is 11.0. The first-order valence-electron chi connectivity index (χ1n) is 11.4. The molecule has 0 aromatic carbocycles. The standard InChI is InChI=1S/C24H36O4/c1-14(4-7-22(27)28)17-5-6-18-16-13-21(26)20-12-15(25)8-10-24(20,3)19(16)9-11-23(17,18)2/h14,16-20H,4-13H2,1-3H3,(H,27,28)/t14-,16+,17-,18+,19?,20+,23-,24-/m1/s1. The number of hydrogen-bond donors (Lipinski definition) is 1. The summed E-state index contributed by atoms with van der Waals surface area (Å²) in [6.07, 6.45) is 8.47. The van der Waals surface area contributed by atoms with E-state index in [-0.39, 0.29) is 29.0 Å². The quantitative estimate of drug-likeness (QED) is 0.744. The summed E-state index contributed by atoms with van der Waals surface area (Å²) < 4.78 is 0. The minimum atomic E-state index is -0.695. The Bertz CT molecular complexity index is 684. The van der Waals surface area contributed by atoms with Crippen LogP contribution in [0.15, 0.2) is 0 Å². The van der Waals surface area contributed by atoms with Gasteiger partial charge in [0.1, 0.15) is 11.6 Å². The molecule has 8 atom stereocenters. The van der Waals surface area contributed by atoms with Crippen molar-refractivity contribution in [3.63, 3.8) is 0 Å². The molecule has 4 nitrogen and oxygen atoms in total. The highest BCUT2D eigenvalue weighted by molar-refractivity contribution is 5.90. The fraction of sp³-hybridized carbons (Fsp3) is 0.875. The molecule has 0 aliphatic heterocycles. The highest BCUT2D eigenvalue weighted by Crippen LogP contribution is 2.67. The number of carbonyl (C=O) groups excluding carboxylic acids is 2. The lowest BCUT2D eigenvalue weighted by Gasteiger charge is -2.59. The van der Waals surface area contributed by atoms with Crippen molar-refractivity contribution in [3.8, 4) is 0 Å². The highest BCUT2D eigenvalue weighted by Gasteiger charge is 2.62. The molecule has 0 saturated heterocycles. The molecule has 4 fully saturated rings. The first-order chi connectivity index (χ1) is 13.2. The Balaban J connectivity index is 1.56. The molecule has 156 valence electrons. The highest BCUT2D eigenvalue weighted by atomic mass is 16.4. The number of carboxylic acids is 1. The molecule has 28 heavy (non-hydrogen) atoms. The molecule has 1 N–H and O–H groups in total. The van der Waals surface area contributed by atoms with E-state index in [4.69, 9.17) is 5.11 Å². The zero-order chi connectivity index (χ0) is 20.3. The number of hydrogen-bond acceptors (Lipinski definition) is 3. The maximum absolute atomic E-state index is 13.1. The number of aliphatic carboxylic acids is 1. The van der Waals surface area contributed by atoms with Crippen LogP contribution in [0.25, 0.3) is 0 Å². The smallest absolute Gasteiger partial charge is 0.303 e. The number of rotatable bonds is 4. The summed E-state index contributed by atoms with van der Waals surface area (Å²) in [6, 6.07) is 0. The SMILES string of the molecule is C[C@H](CCC(=O)O)[C@H]1CC[C@H]2[C@@H]3CC(=O)[C@@H]4CC(=O)CC[C@]4(C)C3CC[C@]12C. The Kier molecular flexibility index (Phi) is 4.99. The van der Waals surface area contributed by atoms with Crippen LogP contribution in [0, 0.1) is 46.3 Å². The van der Waals surface area contributed by atoms with Gasteiger partial charge in [0.05, 0.1) is 0 Å². The van der Waals surface area contributed by atoms with Gasteiger partial charge in [-0.05, 0) is 78.9 Å². The number of fused-ring (bicyclic) bond motifs is 5. The van der Waals surface area contributed by atoms with Crippen LogP contribution in [0.1, 0.15) is 85.0 Å². The lowest BCUT2D eigenvalue weighted by molar-refractivity contribution is -0.159. The van der Waals surface area contributed by atoms with Gasteiger partial charge in [0.25, 0.3) is 0 Å². The molecule has 4 saturated carbocycles. The average Bonchev–Trinajstić information content (AvgIpc) is 2.99. The number of ketones is 2. The predicted molar refractivity (Wildman–Crippen MR) is 107 cm³/mol. The lowest BCUT2D eigenvalue weighted by Crippen LogP contribution is -2.56. The Morgan fingerprint density at radius 2 is 1.79 bits per heavy atom. The molecule has 4 aliphatic rings. The predicted octanol–water partition coefficient (Wildman–Crippen LogP) is 4.89. The van der Waals surface area contributed by atoms with Crippen molar-refractivity contribution in [2.24, 2.45) is 46.3 Å². The second-order valence-electron chi connectivity index (χ2n) is 11.0. The molecule has 0 spiro atoms. The van der Waals surface area contributed by atoms with E-state index in [0.29, 0.717) is 54.6 Å². The van der Waals surface area contributed by atoms with Gasteiger partial charge in [-0.1, -0.05) is 20.8 Å². The third-order valence-electron chi connectivity index (χ3n) is 9.85. The third kappa shape index (κ3) is 2.97. The number of carboxylic acid groups (broad SMARTS) is 1. The van der Waals surface area contributed by atoms with E-state index >= 15 is 0 Å². The Hall–Kier alpha value is -1.19. The summed E-state index contributed by atoms with van der Waals surface area (Å²) >= 11 is 0. The Morgan fingerprint density at radius 3 is 2.50 bits per heavy atom. The molecule has 4 aliphatic carbocycles. The molecule has 0 heterocycles. The van der Waals surface area contributed by atoms with Crippen molar-refractivity contribution in [1.82, 2.24) is 0 Å². The number of Topliss-reactive ketones (excluding diaryl/α,β-unsaturated/α-hetero) is 2. The van der Waals surface area contributed by atoms with Gasteiger partial charge in [-0.15, -0.1) is 0 Å². The van der Waals surface area contributed by atoms with E-state index in [0.717, 1.165) is 12.8 Å². The molecule has 0 amide bonds. The zero-order valence-electron chi connectivity index (χ0n) is 17.7. The van der Waals surface area contributed by atoms with Crippen molar-refractivity contribution in [1.29, 1.82) is 0 Å². The van der Waals surface area contributed by atoms with Crippen molar-refractivity contribution < 1.29 is 19.5 Å². The van der Waals surface area contributed by atoms with Gasteiger partial charge in [-0.25, -0.2) is 0 Å². The van der Waals surface area contributed by atoms with Gasteiger partial charge in [0.15, 0.2) is 0 Å². The van der Waals surface area contributed by atoms with Crippen LogP contribution in [-0.4, -0.2) is 22.6 Å². The monoisotopic (exact) mass is 388 g/mol. The Morgan fingerprint density at radius 1 is 1.07 bits per heavy atom. The van der Waals surface area contributed by atoms with E-state index in [1.165, 1.54) is 25.7 Å². The van der Waals surface area contributed by atoms with Crippen LogP contribution < -0.4 is 0 Å². The second kappa shape index (κ2) is 6.95. The first kappa shape index (κ1) is 20.1. The van der Waals surface area contributed by atoms with E-state index in [1.54, 1.807) is 0 Å². The molecule has 4 heteroatoms. The summed E-state index contributed by atoms with van der Waals surface area (Å²) in [5.41, 5.74) is 0.259. The minimum absolute atomic E-state index is 0.0161. The maximum Gasteiger partial charge on any atom is 0.303 e. The molecule has 0 aromatic heterocycles. The fourth-order valence-electron chi connectivity index (χ4n) is 8.36. The minimum Gasteiger partial charge on any atom is -0.481 e. The summed E-state index contributed by atoms with van der Waals surface area (Å²) in [5.74, 6) is 2.54. The average molecular weight is 389 g/mol. The van der Waals surface area contributed by atoms with Gasteiger partial charge in [0.2, 0.25) is 0 Å². The van der Waals surface area contributed by atoms with Crippen molar-refractivity contribution in [3.05, 3.63) is 0 Å². The fourth-order valence-corrected chi connectivity index (χ4v) is 8.36. The largest absolute Gasteiger partial charge is 0.481 e. The molecule has 0 radical (unpaired) electrons. The normalized spacial score (nSPS) is 46.5. The molecule has 0 bridgehead atoms. The van der Waals surface area contributed by atoms with Crippen molar-refractivity contribution in [2.75, 3.05) is 0 Å².